The van der Waals surface area contributed by atoms with Crippen LogP contribution in [0.4, 0.5) is 5.69 Å². The third-order valence-corrected chi connectivity index (χ3v) is 7.39. The molecule has 1 spiro atoms. The molecule has 1 aromatic heterocycles. The zero-order valence-electron chi connectivity index (χ0n) is 16.8. The maximum Gasteiger partial charge on any atom is 0.0898 e. The van der Waals surface area contributed by atoms with Crippen LogP contribution in [0.25, 0.3) is 11.3 Å². The fourth-order valence-corrected chi connectivity index (χ4v) is 5.04. The van der Waals surface area contributed by atoms with E-state index in [1.165, 1.54) is 0 Å². The van der Waals surface area contributed by atoms with Gasteiger partial charge < -0.3 is 20.5 Å². The number of ether oxygens (including phenoxy) is 1. The van der Waals surface area contributed by atoms with Crippen molar-refractivity contribution in [3.8, 4) is 11.3 Å². The molecule has 2 fully saturated rings. The molecule has 2 saturated heterocycles. The lowest BCUT2D eigenvalue weighted by Gasteiger charge is -2.42. The van der Waals surface area contributed by atoms with Crippen LogP contribution in [-0.2, 0) is 11.3 Å². The minimum Gasteiger partial charge on any atom is -0.390 e. The van der Waals surface area contributed by atoms with Gasteiger partial charge in [-0.25, -0.2) is 4.98 Å². The zero-order valence-corrected chi connectivity index (χ0v) is 18.3. The van der Waals surface area contributed by atoms with Gasteiger partial charge in [0.25, 0.3) is 0 Å². The average Bonchev–Trinajstić information content (AvgIpc) is 2.99. The molecule has 0 saturated carbocycles. The molecule has 2 aliphatic heterocycles. The first-order valence-corrected chi connectivity index (χ1v) is 10.8. The molecule has 3 heterocycles. The second kappa shape index (κ2) is 8.05. The molecule has 156 valence electrons. The summed E-state index contributed by atoms with van der Waals surface area (Å²) in [5.41, 5.74) is 10.7. The molecule has 3 N–H and O–H groups in total. The summed E-state index contributed by atoms with van der Waals surface area (Å²) in [7, 11) is 0. The van der Waals surface area contributed by atoms with E-state index in [-0.39, 0.29) is 24.2 Å². The Bertz CT molecular complexity index is 913. The van der Waals surface area contributed by atoms with Gasteiger partial charge in [0.1, 0.15) is 0 Å². The molecule has 5 nitrogen and oxygen atoms in total. The Morgan fingerprint density at radius 3 is 2.66 bits per heavy atom. The Hall–Kier alpha value is -1.37. The number of hydrogen-bond donors (Lipinski definition) is 2. The monoisotopic (exact) mass is 435 g/mol. The summed E-state index contributed by atoms with van der Waals surface area (Å²) in [6.45, 7) is 6.41. The highest BCUT2D eigenvalue weighted by Crippen LogP contribution is 2.43. The summed E-state index contributed by atoms with van der Waals surface area (Å²) < 4.78 is 5.83. The topological polar surface area (TPSA) is 71.6 Å². The first-order chi connectivity index (χ1) is 13.9. The minimum atomic E-state index is -0.137. The third kappa shape index (κ3) is 3.64. The fourth-order valence-electron chi connectivity index (χ4n) is 4.65. The summed E-state index contributed by atoms with van der Waals surface area (Å²) in [6.07, 6.45) is 2.06. The van der Waals surface area contributed by atoms with Gasteiger partial charge in [0.15, 0.2) is 0 Å². The maximum absolute atomic E-state index is 10.0. The van der Waals surface area contributed by atoms with Crippen LogP contribution in [0.5, 0.6) is 0 Å². The van der Waals surface area contributed by atoms with Crippen LogP contribution in [0.2, 0.25) is 10.0 Å². The number of hydrogen-bond acceptors (Lipinski definition) is 5. The molecule has 1 aromatic carbocycles. The van der Waals surface area contributed by atoms with Gasteiger partial charge in [-0.15, -0.1) is 0 Å². The summed E-state index contributed by atoms with van der Waals surface area (Å²) >= 11 is 12.6. The van der Waals surface area contributed by atoms with Crippen molar-refractivity contribution in [2.45, 2.75) is 45.4 Å². The molecular formula is C22H27Cl2N3O2. The van der Waals surface area contributed by atoms with E-state index in [9.17, 15) is 5.11 Å². The quantitative estimate of drug-likeness (QED) is 0.755. The number of halogens is 2. The standard InChI is InChI=1S/C22H27Cl2N3O2/c1-13-10-18(27-8-6-22(7-9-27)12-29-14(2)21(22)25)17(11-28)26-20(13)15-4-3-5-16(23)19(15)24/h3-5,10,14,21,28H,6-9,11-12,25H2,1-2H3/t14-,21+/m0/s1. The predicted molar refractivity (Wildman–Crippen MR) is 118 cm³/mol. The number of anilines is 1. The number of rotatable bonds is 3. The number of aliphatic hydroxyl groups excluding tert-OH is 1. The van der Waals surface area contributed by atoms with Gasteiger partial charge in [-0.2, -0.15) is 0 Å². The Morgan fingerprint density at radius 1 is 1.31 bits per heavy atom. The largest absolute Gasteiger partial charge is 0.390 e. The van der Waals surface area contributed by atoms with Crippen LogP contribution >= 0.6 is 23.2 Å². The molecule has 0 unspecified atom stereocenters. The van der Waals surface area contributed by atoms with Crippen molar-refractivity contribution < 1.29 is 9.84 Å². The van der Waals surface area contributed by atoms with Crippen molar-refractivity contribution in [2.75, 3.05) is 24.6 Å². The highest BCUT2D eigenvalue weighted by molar-refractivity contribution is 6.43. The molecule has 2 aliphatic rings. The highest BCUT2D eigenvalue weighted by Gasteiger charge is 2.47. The molecular weight excluding hydrogens is 409 g/mol. The van der Waals surface area contributed by atoms with Crippen LogP contribution in [0.3, 0.4) is 0 Å². The van der Waals surface area contributed by atoms with Crippen LogP contribution < -0.4 is 10.6 Å². The van der Waals surface area contributed by atoms with Crippen LogP contribution in [0, 0.1) is 12.3 Å². The lowest BCUT2D eigenvalue weighted by Crippen LogP contribution is -2.50. The normalized spacial score (nSPS) is 23.7. The molecule has 2 aromatic rings. The second-order valence-electron chi connectivity index (χ2n) is 8.27. The van der Waals surface area contributed by atoms with Crippen molar-refractivity contribution in [3.63, 3.8) is 0 Å². The Kier molecular flexibility index (Phi) is 5.79. The van der Waals surface area contributed by atoms with E-state index in [2.05, 4.69) is 17.9 Å². The van der Waals surface area contributed by atoms with E-state index < -0.39 is 0 Å². The lowest BCUT2D eigenvalue weighted by molar-refractivity contribution is 0.0974. The van der Waals surface area contributed by atoms with Gasteiger partial charge in [-0.3, -0.25) is 0 Å². The molecule has 2 atom stereocenters. The van der Waals surface area contributed by atoms with Gasteiger partial charge in [-0.05, 0) is 44.4 Å². The van der Waals surface area contributed by atoms with E-state index in [0.29, 0.717) is 15.7 Å². The molecule has 7 heteroatoms. The van der Waals surface area contributed by atoms with Crippen LogP contribution in [0.1, 0.15) is 31.0 Å². The summed E-state index contributed by atoms with van der Waals surface area (Å²) in [6, 6.07) is 7.68. The lowest BCUT2D eigenvalue weighted by atomic mass is 9.73. The molecule has 4 rings (SSSR count). The molecule has 29 heavy (non-hydrogen) atoms. The first kappa shape index (κ1) is 20.9. The van der Waals surface area contributed by atoms with Crippen molar-refractivity contribution in [1.29, 1.82) is 0 Å². The first-order valence-electron chi connectivity index (χ1n) is 10.0. The summed E-state index contributed by atoms with van der Waals surface area (Å²) in [5.74, 6) is 0. The van der Waals surface area contributed by atoms with Crippen molar-refractivity contribution in [1.82, 2.24) is 4.98 Å². The number of aryl methyl sites for hydroxylation is 1. The van der Waals surface area contributed by atoms with E-state index in [4.69, 9.17) is 38.7 Å². The molecule has 0 amide bonds. The maximum atomic E-state index is 10.0. The van der Waals surface area contributed by atoms with Crippen LogP contribution in [-0.4, -0.2) is 41.9 Å². The van der Waals surface area contributed by atoms with E-state index in [1.807, 2.05) is 19.1 Å². The number of aliphatic hydroxyl groups is 1. The smallest absolute Gasteiger partial charge is 0.0898 e. The van der Waals surface area contributed by atoms with E-state index >= 15 is 0 Å². The number of pyridine rings is 1. The van der Waals surface area contributed by atoms with Crippen molar-refractivity contribution in [2.24, 2.45) is 11.1 Å². The Labute approximate surface area is 181 Å². The summed E-state index contributed by atoms with van der Waals surface area (Å²) in [5, 5.41) is 11.0. The predicted octanol–water partition coefficient (Wildman–Crippen LogP) is 4.19. The van der Waals surface area contributed by atoms with Crippen molar-refractivity contribution >= 4 is 28.9 Å². The SMILES string of the molecule is Cc1cc(N2CCC3(CC2)CO[C@@H](C)[C@H]3N)c(CO)nc1-c1cccc(Cl)c1Cl. The van der Waals surface area contributed by atoms with Crippen LogP contribution in [0.15, 0.2) is 24.3 Å². The number of nitrogens with zero attached hydrogens (tertiary/aromatic N) is 2. The Balaban J connectivity index is 1.63. The molecule has 0 aliphatic carbocycles. The number of piperidine rings is 1. The van der Waals surface area contributed by atoms with Gasteiger partial charge in [-0.1, -0.05) is 35.3 Å². The summed E-state index contributed by atoms with van der Waals surface area (Å²) in [4.78, 5) is 7.07. The highest BCUT2D eigenvalue weighted by atomic mass is 35.5. The Morgan fingerprint density at radius 2 is 2.03 bits per heavy atom. The van der Waals surface area contributed by atoms with Crippen molar-refractivity contribution in [3.05, 3.63) is 45.6 Å². The van der Waals surface area contributed by atoms with Gasteiger partial charge in [0, 0.05) is 30.1 Å². The van der Waals surface area contributed by atoms with Gasteiger partial charge in [0.2, 0.25) is 0 Å². The number of benzene rings is 1. The second-order valence-corrected chi connectivity index (χ2v) is 9.06. The molecule has 0 bridgehead atoms. The fraction of sp³-hybridized carbons (Fsp3) is 0.500. The minimum absolute atomic E-state index is 0.0615. The molecule has 0 radical (unpaired) electrons. The van der Waals surface area contributed by atoms with Gasteiger partial charge in [0.05, 0.1) is 46.4 Å². The van der Waals surface area contributed by atoms with E-state index in [1.54, 1.807) is 6.07 Å². The van der Waals surface area contributed by atoms with E-state index in [0.717, 1.165) is 55.0 Å². The number of nitrogens with two attached hydrogens (primary N) is 1. The number of aromatic nitrogens is 1. The van der Waals surface area contributed by atoms with Gasteiger partial charge >= 0.3 is 0 Å². The third-order valence-electron chi connectivity index (χ3n) is 6.57. The zero-order chi connectivity index (χ0) is 20.8. The average molecular weight is 436 g/mol.